The molecule has 0 radical (unpaired) electrons. The molecule has 1 aliphatic heterocycles. The number of nitrogens with one attached hydrogen (secondary N) is 1. The van der Waals surface area contributed by atoms with Crippen molar-refractivity contribution in [3.05, 3.63) is 0 Å². The van der Waals surface area contributed by atoms with Gasteiger partial charge in [-0.2, -0.15) is 0 Å². The number of likely N-dealkylation sites (tertiary alicyclic amines) is 1. The lowest BCUT2D eigenvalue weighted by atomic mass is 9.95. The van der Waals surface area contributed by atoms with E-state index in [2.05, 4.69) is 6.92 Å². The zero-order chi connectivity index (χ0) is 10.6. The van der Waals surface area contributed by atoms with Crippen molar-refractivity contribution >= 4 is 11.8 Å². The predicted molar refractivity (Wildman–Crippen MR) is 51.9 cm³/mol. The van der Waals surface area contributed by atoms with Crippen LogP contribution in [-0.2, 0) is 9.59 Å². The van der Waals surface area contributed by atoms with E-state index in [1.165, 1.54) is 0 Å². The van der Waals surface area contributed by atoms with E-state index in [9.17, 15) is 9.59 Å². The summed E-state index contributed by atoms with van der Waals surface area (Å²) < 4.78 is 0. The summed E-state index contributed by atoms with van der Waals surface area (Å²) in [5, 5.41) is 0. The molecule has 0 aromatic carbocycles. The number of carbonyl (C=O) groups is 2. The molecule has 0 aromatic rings. The monoisotopic (exact) mass is 199 g/mol. The van der Waals surface area contributed by atoms with Crippen molar-refractivity contribution in [1.82, 2.24) is 10.3 Å². The van der Waals surface area contributed by atoms with Crippen LogP contribution >= 0.6 is 0 Å². The number of nitrogens with two attached hydrogens (primary N) is 1. The van der Waals surface area contributed by atoms with Crippen LogP contribution in [0, 0.1) is 5.92 Å². The second-order valence-corrected chi connectivity index (χ2v) is 3.64. The van der Waals surface area contributed by atoms with Crippen LogP contribution in [0.25, 0.3) is 0 Å². The van der Waals surface area contributed by atoms with Gasteiger partial charge in [0.2, 0.25) is 0 Å². The molecule has 0 aromatic heterocycles. The highest BCUT2D eigenvalue weighted by molar-refractivity contribution is 6.34. The first-order valence-corrected chi connectivity index (χ1v) is 4.98. The van der Waals surface area contributed by atoms with Gasteiger partial charge in [0, 0.05) is 13.1 Å². The molecular weight excluding hydrogens is 182 g/mol. The van der Waals surface area contributed by atoms with Gasteiger partial charge in [-0.05, 0) is 18.8 Å². The summed E-state index contributed by atoms with van der Waals surface area (Å²) in [6.07, 6.45) is 3.17. The van der Waals surface area contributed by atoms with Crippen LogP contribution in [0.4, 0.5) is 0 Å². The van der Waals surface area contributed by atoms with Gasteiger partial charge in [-0.25, -0.2) is 5.84 Å². The number of piperidine rings is 1. The van der Waals surface area contributed by atoms with E-state index >= 15 is 0 Å². The van der Waals surface area contributed by atoms with Gasteiger partial charge < -0.3 is 4.90 Å². The maximum absolute atomic E-state index is 11.4. The number of nitrogens with zero attached hydrogens (tertiary/aromatic N) is 1. The van der Waals surface area contributed by atoms with Crippen molar-refractivity contribution in [2.45, 2.75) is 26.2 Å². The summed E-state index contributed by atoms with van der Waals surface area (Å²) in [6.45, 7) is 3.45. The average Bonchev–Trinajstić information content (AvgIpc) is 2.27. The van der Waals surface area contributed by atoms with Crippen molar-refractivity contribution < 1.29 is 9.59 Å². The third-order valence-electron chi connectivity index (χ3n) is 2.71. The standard InChI is InChI=1S/C9H17N3O2/c1-2-7-4-3-5-12(6-7)9(14)8(13)11-10/h7H,2-6,10H2,1H3,(H,11,13). The smallest absolute Gasteiger partial charge is 0.323 e. The SMILES string of the molecule is CCC1CCCN(C(=O)C(=O)NN)C1. The van der Waals surface area contributed by atoms with Gasteiger partial charge in [0.05, 0.1) is 0 Å². The number of hydrazine groups is 1. The van der Waals surface area contributed by atoms with Gasteiger partial charge in [0.15, 0.2) is 0 Å². The Labute approximate surface area is 83.6 Å². The molecule has 5 heteroatoms. The molecule has 14 heavy (non-hydrogen) atoms. The topological polar surface area (TPSA) is 75.4 Å². The van der Waals surface area contributed by atoms with Crippen LogP contribution in [0.15, 0.2) is 0 Å². The highest BCUT2D eigenvalue weighted by atomic mass is 16.2. The minimum absolute atomic E-state index is 0.509. The zero-order valence-corrected chi connectivity index (χ0v) is 8.45. The molecule has 3 N–H and O–H groups in total. The number of hydrogen-bond donors (Lipinski definition) is 2. The fourth-order valence-electron chi connectivity index (χ4n) is 1.79. The van der Waals surface area contributed by atoms with E-state index < -0.39 is 11.8 Å². The van der Waals surface area contributed by atoms with E-state index in [0.717, 1.165) is 19.3 Å². The summed E-state index contributed by atoms with van der Waals surface area (Å²) in [5.74, 6) is 4.20. The third kappa shape index (κ3) is 2.45. The third-order valence-corrected chi connectivity index (χ3v) is 2.71. The summed E-state index contributed by atoms with van der Waals surface area (Å²) in [5.41, 5.74) is 1.86. The molecule has 5 nitrogen and oxygen atoms in total. The summed E-state index contributed by atoms with van der Waals surface area (Å²) in [6, 6.07) is 0. The first kappa shape index (κ1) is 11.0. The Balaban J connectivity index is 2.51. The van der Waals surface area contributed by atoms with Gasteiger partial charge in [-0.1, -0.05) is 13.3 Å². The Bertz CT molecular complexity index is 230. The van der Waals surface area contributed by atoms with Gasteiger partial charge in [-0.15, -0.1) is 0 Å². The molecule has 0 spiro atoms. The number of carbonyl (C=O) groups excluding carboxylic acids is 2. The molecular formula is C9H17N3O2. The Morgan fingerprint density at radius 2 is 2.29 bits per heavy atom. The van der Waals surface area contributed by atoms with E-state index in [1.807, 2.05) is 5.43 Å². The van der Waals surface area contributed by atoms with Crippen LogP contribution in [0.2, 0.25) is 0 Å². The summed E-state index contributed by atoms with van der Waals surface area (Å²) >= 11 is 0. The van der Waals surface area contributed by atoms with Crippen molar-refractivity contribution in [3.63, 3.8) is 0 Å². The molecule has 0 saturated carbocycles. The highest BCUT2D eigenvalue weighted by Gasteiger charge is 2.26. The Morgan fingerprint density at radius 3 is 2.86 bits per heavy atom. The molecule has 1 fully saturated rings. The van der Waals surface area contributed by atoms with E-state index in [4.69, 9.17) is 5.84 Å². The number of rotatable bonds is 1. The fraction of sp³-hybridized carbons (Fsp3) is 0.778. The minimum Gasteiger partial charge on any atom is -0.334 e. The van der Waals surface area contributed by atoms with Gasteiger partial charge in [0.1, 0.15) is 0 Å². The molecule has 0 bridgehead atoms. The molecule has 2 amide bonds. The fourth-order valence-corrected chi connectivity index (χ4v) is 1.79. The predicted octanol–water partition coefficient (Wildman–Crippen LogP) is -0.375. The first-order chi connectivity index (χ1) is 6.69. The first-order valence-electron chi connectivity index (χ1n) is 4.98. The molecule has 1 unspecified atom stereocenters. The lowest BCUT2D eigenvalue weighted by Gasteiger charge is -2.31. The molecule has 1 aliphatic rings. The largest absolute Gasteiger partial charge is 0.334 e. The lowest BCUT2D eigenvalue weighted by molar-refractivity contribution is -0.147. The number of amides is 2. The second-order valence-electron chi connectivity index (χ2n) is 3.64. The molecule has 0 aliphatic carbocycles. The Kier molecular flexibility index (Phi) is 3.88. The minimum atomic E-state index is -0.721. The maximum atomic E-state index is 11.4. The van der Waals surface area contributed by atoms with Crippen LogP contribution < -0.4 is 11.3 Å². The normalized spacial score (nSPS) is 21.9. The van der Waals surface area contributed by atoms with E-state index in [1.54, 1.807) is 4.90 Å². The van der Waals surface area contributed by atoms with Gasteiger partial charge in [-0.3, -0.25) is 15.0 Å². The number of hydrogen-bond acceptors (Lipinski definition) is 3. The molecule has 80 valence electrons. The molecule has 1 atom stereocenters. The van der Waals surface area contributed by atoms with E-state index in [-0.39, 0.29) is 0 Å². The van der Waals surface area contributed by atoms with Gasteiger partial charge >= 0.3 is 11.8 Å². The average molecular weight is 199 g/mol. The quantitative estimate of drug-likeness (QED) is 0.262. The Morgan fingerprint density at radius 1 is 1.57 bits per heavy atom. The molecule has 1 saturated heterocycles. The van der Waals surface area contributed by atoms with Gasteiger partial charge in [0.25, 0.3) is 0 Å². The lowest BCUT2D eigenvalue weighted by Crippen LogP contribution is -2.48. The molecule has 1 rings (SSSR count). The van der Waals surface area contributed by atoms with Crippen LogP contribution in [0.1, 0.15) is 26.2 Å². The molecule has 1 heterocycles. The van der Waals surface area contributed by atoms with Crippen molar-refractivity contribution in [1.29, 1.82) is 0 Å². The maximum Gasteiger partial charge on any atom is 0.323 e. The second kappa shape index (κ2) is 4.95. The summed E-state index contributed by atoms with van der Waals surface area (Å²) in [7, 11) is 0. The van der Waals surface area contributed by atoms with Crippen molar-refractivity contribution in [2.75, 3.05) is 13.1 Å². The Hall–Kier alpha value is -1.10. The summed E-state index contributed by atoms with van der Waals surface area (Å²) in [4.78, 5) is 24.0. The van der Waals surface area contributed by atoms with E-state index in [0.29, 0.717) is 19.0 Å². The van der Waals surface area contributed by atoms with Crippen molar-refractivity contribution in [2.24, 2.45) is 11.8 Å². The van der Waals surface area contributed by atoms with Crippen LogP contribution in [0.5, 0.6) is 0 Å². The van der Waals surface area contributed by atoms with Crippen molar-refractivity contribution in [3.8, 4) is 0 Å². The highest BCUT2D eigenvalue weighted by Crippen LogP contribution is 2.18. The van der Waals surface area contributed by atoms with Crippen LogP contribution in [-0.4, -0.2) is 29.8 Å². The van der Waals surface area contributed by atoms with Crippen LogP contribution in [0.3, 0.4) is 0 Å². The zero-order valence-electron chi connectivity index (χ0n) is 8.45.